The third kappa shape index (κ3) is 5.56. The Morgan fingerprint density at radius 2 is 1.93 bits per heavy atom. The Balaban J connectivity index is 1.14. The van der Waals surface area contributed by atoms with Gasteiger partial charge in [0.1, 0.15) is 6.07 Å². The lowest BCUT2D eigenvalue weighted by Gasteiger charge is -2.31. The summed E-state index contributed by atoms with van der Waals surface area (Å²) in [7, 11) is 3.59. The minimum Gasteiger partial charge on any atom is -0.366 e. The summed E-state index contributed by atoms with van der Waals surface area (Å²) in [5, 5.41) is 31.0. The zero-order valence-electron chi connectivity index (χ0n) is 25.1. The fourth-order valence-electron chi connectivity index (χ4n) is 6.18. The van der Waals surface area contributed by atoms with Crippen molar-refractivity contribution in [2.75, 3.05) is 42.7 Å². The third-order valence-corrected chi connectivity index (χ3v) is 8.63. The van der Waals surface area contributed by atoms with Gasteiger partial charge in [-0.05, 0) is 37.5 Å². The van der Waals surface area contributed by atoms with E-state index in [1.54, 1.807) is 19.3 Å². The second kappa shape index (κ2) is 11.6. The lowest BCUT2D eigenvalue weighted by Crippen LogP contribution is -2.27. The molecular formula is C32H33N11O2. The van der Waals surface area contributed by atoms with Gasteiger partial charge in [0, 0.05) is 63.0 Å². The van der Waals surface area contributed by atoms with Crippen molar-refractivity contribution in [3.05, 3.63) is 71.4 Å². The number of pyridine rings is 1. The molecule has 13 heteroatoms. The van der Waals surface area contributed by atoms with Gasteiger partial charge in [0.25, 0.3) is 5.91 Å². The van der Waals surface area contributed by atoms with Gasteiger partial charge in [-0.25, -0.2) is 0 Å². The Kier molecular flexibility index (Phi) is 7.34. The number of hydrogen-bond acceptors (Lipinski definition) is 10. The molecule has 0 bridgehead atoms. The summed E-state index contributed by atoms with van der Waals surface area (Å²) in [6.45, 7) is 3.20. The minimum absolute atomic E-state index is 0.0126. The molecule has 3 aromatic heterocycles. The Morgan fingerprint density at radius 1 is 1.07 bits per heavy atom. The molecule has 7 rings (SSSR count). The van der Waals surface area contributed by atoms with Crippen molar-refractivity contribution in [1.29, 1.82) is 5.26 Å². The van der Waals surface area contributed by atoms with Gasteiger partial charge < -0.3 is 20.9 Å². The molecule has 1 saturated carbocycles. The molecule has 5 heterocycles. The molecule has 1 saturated heterocycles. The summed E-state index contributed by atoms with van der Waals surface area (Å²) in [5.41, 5.74) is 7.15. The first kappa shape index (κ1) is 28.4. The van der Waals surface area contributed by atoms with Crippen LogP contribution in [-0.4, -0.2) is 68.9 Å². The minimum atomic E-state index is -0.382. The molecule has 45 heavy (non-hydrogen) atoms. The van der Waals surface area contributed by atoms with Crippen LogP contribution in [0.4, 0.5) is 22.9 Å². The highest BCUT2D eigenvalue weighted by Gasteiger charge is 2.33. The first-order valence-corrected chi connectivity index (χ1v) is 15.1. The molecule has 3 N–H and O–H groups in total. The molecule has 1 unspecified atom stereocenters. The van der Waals surface area contributed by atoms with Crippen LogP contribution in [0.1, 0.15) is 52.7 Å². The van der Waals surface area contributed by atoms with Crippen LogP contribution in [0.25, 0.3) is 11.1 Å². The predicted molar refractivity (Wildman–Crippen MR) is 168 cm³/mol. The van der Waals surface area contributed by atoms with Crippen LogP contribution < -0.4 is 20.9 Å². The van der Waals surface area contributed by atoms with Crippen molar-refractivity contribution >= 4 is 34.7 Å². The maximum Gasteiger partial charge on any atom is 0.273 e. The summed E-state index contributed by atoms with van der Waals surface area (Å²) in [4.78, 5) is 34.1. The monoisotopic (exact) mass is 603 g/mol. The molecule has 2 amide bonds. The number of nitrogens with one attached hydrogen (secondary N) is 3. The van der Waals surface area contributed by atoms with Gasteiger partial charge in [0.05, 0.1) is 52.8 Å². The summed E-state index contributed by atoms with van der Waals surface area (Å²) in [5.74, 6) is -0.157. The van der Waals surface area contributed by atoms with E-state index in [0.29, 0.717) is 23.6 Å². The Bertz CT molecular complexity index is 1820. The number of rotatable bonds is 8. The number of nitrogens with zero attached hydrogens (tertiary/aromatic N) is 8. The van der Waals surface area contributed by atoms with Gasteiger partial charge in [0.2, 0.25) is 5.91 Å². The lowest BCUT2D eigenvalue weighted by molar-refractivity contribution is -0.117. The van der Waals surface area contributed by atoms with Gasteiger partial charge in [-0.2, -0.15) is 10.4 Å². The molecule has 1 atom stereocenters. The molecular weight excluding hydrogens is 570 g/mol. The molecule has 3 aliphatic rings. The van der Waals surface area contributed by atoms with E-state index in [1.807, 2.05) is 37.5 Å². The van der Waals surface area contributed by atoms with Gasteiger partial charge in [-0.15, -0.1) is 10.2 Å². The maximum atomic E-state index is 12.7. The summed E-state index contributed by atoms with van der Waals surface area (Å²) < 4.78 is 2.17. The van der Waals surface area contributed by atoms with Crippen molar-refractivity contribution in [3.8, 4) is 17.2 Å². The van der Waals surface area contributed by atoms with Crippen molar-refractivity contribution in [3.63, 3.8) is 0 Å². The SMILES string of the molecule is CNC(=O)c1nnc(NC(=O)C2CC2)cc1Nc1cccc2c1N(C)Cc1c-2cnn1C1CCN(Cc2ccc(C#N)cn2)C1. The van der Waals surface area contributed by atoms with E-state index in [9.17, 15) is 9.59 Å². The van der Waals surface area contributed by atoms with E-state index in [4.69, 9.17) is 10.4 Å². The number of benzene rings is 1. The van der Waals surface area contributed by atoms with Crippen LogP contribution in [0, 0.1) is 17.2 Å². The molecule has 1 aromatic carbocycles. The fourth-order valence-corrected chi connectivity index (χ4v) is 6.18. The Morgan fingerprint density at radius 3 is 2.69 bits per heavy atom. The third-order valence-electron chi connectivity index (χ3n) is 8.63. The van der Waals surface area contributed by atoms with Crippen LogP contribution in [0.15, 0.2) is 48.8 Å². The smallest absolute Gasteiger partial charge is 0.273 e. The van der Waals surface area contributed by atoms with Crippen LogP contribution in [0.3, 0.4) is 0 Å². The predicted octanol–water partition coefficient (Wildman–Crippen LogP) is 3.46. The average molecular weight is 604 g/mol. The number of aromatic nitrogens is 5. The molecule has 2 aliphatic heterocycles. The van der Waals surface area contributed by atoms with E-state index >= 15 is 0 Å². The first-order valence-electron chi connectivity index (χ1n) is 15.1. The van der Waals surface area contributed by atoms with Gasteiger partial charge in [-0.1, -0.05) is 12.1 Å². The van der Waals surface area contributed by atoms with E-state index in [-0.39, 0.29) is 29.5 Å². The van der Waals surface area contributed by atoms with Crippen molar-refractivity contribution < 1.29 is 9.59 Å². The molecule has 0 radical (unpaired) electrons. The summed E-state index contributed by atoms with van der Waals surface area (Å²) in [6.07, 6.45) is 6.30. The van der Waals surface area contributed by atoms with Crippen LogP contribution in [0.5, 0.6) is 0 Å². The summed E-state index contributed by atoms with van der Waals surface area (Å²) >= 11 is 0. The van der Waals surface area contributed by atoms with Gasteiger partial charge >= 0.3 is 0 Å². The number of anilines is 4. The standard InChI is InChI=1S/C32H33N11O2/c1-34-32(45)29-26(12-28(39-40-29)38-31(44)20-7-8-20)37-25-5-3-4-23-24-15-36-43(27(24)18-41(2)30(23)25)22-10-11-42(17-22)16-21-9-6-19(13-33)14-35-21/h3-6,9,12,14-15,20,22H,7-8,10-11,16-18H2,1-2H3,(H,34,45)(H2,37,38,39,44). The van der Waals surface area contributed by atoms with Crippen LogP contribution >= 0.6 is 0 Å². The highest BCUT2D eigenvalue weighted by atomic mass is 16.2. The van der Waals surface area contributed by atoms with E-state index in [2.05, 4.69) is 57.7 Å². The van der Waals surface area contributed by atoms with E-state index < -0.39 is 0 Å². The molecule has 13 nitrogen and oxygen atoms in total. The van der Waals surface area contributed by atoms with E-state index in [0.717, 1.165) is 72.8 Å². The molecule has 2 fully saturated rings. The molecule has 228 valence electrons. The molecule has 0 spiro atoms. The largest absolute Gasteiger partial charge is 0.366 e. The second-order valence-electron chi connectivity index (χ2n) is 11.8. The first-order chi connectivity index (χ1) is 21.9. The van der Waals surface area contributed by atoms with Crippen molar-refractivity contribution in [2.45, 2.75) is 38.4 Å². The fraction of sp³-hybridized carbons (Fsp3) is 0.344. The number of amides is 2. The average Bonchev–Trinajstić information content (AvgIpc) is 3.68. The van der Waals surface area contributed by atoms with Gasteiger partial charge in [-0.3, -0.25) is 24.2 Å². The zero-order valence-corrected chi connectivity index (χ0v) is 25.1. The lowest BCUT2D eigenvalue weighted by atomic mass is 9.97. The molecule has 1 aliphatic carbocycles. The summed E-state index contributed by atoms with van der Waals surface area (Å²) in [6, 6.07) is 13.8. The number of carbonyl (C=O) groups is 2. The van der Waals surface area contributed by atoms with Gasteiger partial charge in [0.15, 0.2) is 11.5 Å². The number of para-hydroxylation sites is 1. The highest BCUT2D eigenvalue weighted by molar-refractivity contribution is 6.01. The normalized spacial score (nSPS) is 17.3. The number of nitriles is 1. The van der Waals surface area contributed by atoms with Crippen LogP contribution in [-0.2, 0) is 17.9 Å². The number of hydrogen-bond donors (Lipinski definition) is 3. The highest BCUT2D eigenvalue weighted by Crippen LogP contribution is 2.45. The number of fused-ring (bicyclic) bond motifs is 3. The topological polar surface area (TPSA) is 157 Å². The Hall–Kier alpha value is -5.35. The van der Waals surface area contributed by atoms with Crippen molar-refractivity contribution in [2.24, 2.45) is 5.92 Å². The Labute approximate surface area is 260 Å². The quantitative estimate of drug-likeness (QED) is 0.273. The zero-order chi connectivity index (χ0) is 31.1. The van der Waals surface area contributed by atoms with Crippen LogP contribution in [0.2, 0.25) is 0 Å². The second-order valence-corrected chi connectivity index (χ2v) is 11.8. The molecule has 4 aromatic rings. The maximum absolute atomic E-state index is 12.7. The number of likely N-dealkylation sites (tertiary alicyclic amines) is 1. The van der Waals surface area contributed by atoms with Crippen molar-refractivity contribution in [1.82, 2.24) is 35.2 Å². The van der Waals surface area contributed by atoms with E-state index in [1.165, 1.54) is 0 Å². The number of carbonyl (C=O) groups excluding carboxylic acids is 2.